The molecule has 0 spiro atoms. The fourth-order valence-electron chi connectivity index (χ4n) is 4.46. The third kappa shape index (κ3) is 3.82. The first kappa shape index (κ1) is 23.0. The third-order valence-electron chi connectivity index (χ3n) is 6.18. The van der Waals surface area contributed by atoms with Gasteiger partial charge in [0.05, 0.1) is 21.8 Å². The quantitative estimate of drug-likeness (QED) is 0.141. The van der Waals surface area contributed by atoms with Crippen LogP contribution in [0.2, 0.25) is 0 Å². The molecule has 3 aromatic carbocycles. The van der Waals surface area contributed by atoms with E-state index in [4.69, 9.17) is 9.47 Å². The molecule has 1 fully saturated rings. The number of aliphatic hydroxyl groups excluding tert-OH is 1. The molecule has 0 bridgehead atoms. The number of Topliss-reactive ketones (excluding diaryl/α,β-unsaturated/α-hetero) is 1. The van der Waals surface area contributed by atoms with Crippen molar-refractivity contribution in [3.8, 4) is 11.5 Å². The number of aryl methyl sites for hydroxylation is 1. The number of rotatable bonds is 3. The number of nitrogens with zero attached hydrogens (tertiary/aromatic N) is 2. The summed E-state index contributed by atoms with van der Waals surface area (Å²) in [5.41, 5.74) is 2.90. The van der Waals surface area contributed by atoms with Gasteiger partial charge in [-0.15, -0.1) is 0 Å². The van der Waals surface area contributed by atoms with Crippen LogP contribution in [0.25, 0.3) is 16.0 Å². The van der Waals surface area contributed by atoms with Gasteiger partial charge in [-0.05, 0) is 83.1 Å². The van der Waals surface area contributed by atoms with Crippen LogP contribution in [-0.4, -0.2) is 35.0 Å². The Balaban J connectivity index is 1.54. The van der Waals surface area contributed by atoms with Gasteiger partial charge in [-0.2, -0.15) is 0 Å². The van der Waals surface area contributed by atoms with Crippen molar-refractivity contribution in [1.29, 1.82) is 0 Å². The van der Waals surface area contributed by atoms with E-state index in [9.17, 15) is 14.7 Å². The summed E-state index contributed by atoms with van der Waals surface area (Å²) in [4.78, 5) is 32.9. The number of benzene rings is 3. The van der Waals surface area contributed by atoms with Crippen molar-refractivity contribution in [3.63, 3.8) is 0 Å². The van der Waals surface area contributed by atoms with Gasteiger partial charge >= 0.3 is 5.91 Å². The molecule has 9 heteroatoms. The number of halogens is 1. The van der Waals surface area contributed by atoms with Gasteiger partial charge in [-0.1, -0.05) is 29.5 Å². The minimum absolute atomic E-state index is 0.00771. The van der Waals surface area contributed by atoms with E-state index in [1.165, 1.54) is 16.2 Å². The zero-order valence-corrected chi connectivity index (χ0v) is 22.0. The van der Waals surface area contributed by atoms with Gasteiger partial charge in [-0.3, -0.25) is 14.5 Å². The van der Waals surface area contributed by atoms with Gasteiger partial charge in [0.25, 0.3) is 5.78 Å². The fraction of sp³-hybridized carbons (Fsp3) is 0.148. The number of carbonyl (C=O) groups excluding carboxylic acids is 2. The van der Waals surface area contributed by atoms with Crippen LogP contribution in [0.4, 0.5) is 5.13 Å². The van der Waals surface area contributed by atoms with Gasteiger partial charge in [-0.25, -0.2) is 4.98 Å². The summed E-state index contributed by atoms with van der Waals surface area (Å²) in [5.74, 6) is -0.716. The molecule has 4 aromatic rings. The number of ether oxygens (including phenoxy) is 2. The van der Waals surface area contributed by atoms with E-state index >= 15 is 0 Å². The molecule has 3 heterocycles. The number of hydrogen-bond acceptors (Lipinski definition) is 7. The summed E-state index contributed by atoms with van der Waals surface area (Å²) in [7, 11) is 0. The normalized spacial score (nSPS) is 18.7. The van der Waals surface area contributed by atoms with Gasteiger partial charge < -0.3 is 14.6 Å². The van der Waals surface area contributed by atoms with Crippen LogP contribution in [0.1, 0.15) is 22.7 Å². The fourth-order valence-corrected chi connectivity index (χ4v) is 5.91. The Morgan fingerprint density at radius 1 is 1.03 bits per heavy atom. The monoisotopic (exact) mass is 610 g/mol. The number of amides is 1. The molecule has 1 amide bonds. The van der Waals surface area contributed by atoms with E-state index in [1.54, 1.807) is 18.2 Å². The average molecular weight is 610 g/mol. The molecule has 1 unspecified atom stereocenters. The van der Waals surface area contributed by atoms with Crippen molar-refractivity contribution in [2.45, 2.75) is 13.0 Å². The third-order valence-corrected chi connectivity index (χ3v) is 7.92. The molecular formula is C27H19IN2O5S. The highest BCUT2D eigenvalue weighted by Gasteiger charge is 2.48. The maximum atomic E-state index is 13.4. The van der Waals surface area contributed by atoms with Crippen LogP contribution in [0.15, 0.2) is 66.2 Å². The van der Waals surface area contributed by atoms with Crippen molar-refractivity contribution in [2.24, 2.45) is 0 Å². The topological polar surface area (TPSA) is 89.0 Å². The second-order valence-electron chi connectivity index (χ2n) is 8.55. The molecule has 0 saturated carbocycles. The van der Waals surface area contributed by atoms with E-state index < -0.39 is 17.7 Å². The summed E-state index contributed by atoms with van der Waals surface area (Å²) in [6, 6.07) is 17.5. The average Bonchev–Trinajstić information content (AvgIpc) is 3.41. The van der Waals surface area contributed by atoms with Crippen molar-refractivity contribution in [1.82, 2.24) is 4.98 Å². The smallest absolute Gasteiger partial charge is 0.301 e. The Hall–Kier alpha value is -3.44. The Kier molecular flexibility index (Phi) is 5.68. The summed E-state index contributed by atoms with van der Waals surface area (Å²) >= 11 is 3.54. The summed E-state index contributed by atoms with van der Waals surface area (Å²) < 4.78 is 13.2. The minimum Gasteiger partial charge on any atom is -0.507 e. The molecule has 7 nitrogen and oxygen atoms in total. The van der Waals surface area contributed by atoms with Crippen molar-refractivity contribution >= 4 is 66.7 Å². The van der Waals surface area contributed by atoms with Gasteiger partial charge in [0.1, 0.15) is 19.0 Å². The maximum Gasteiger partial charge on any atom is 0.301 e. The molecule has 2 aliphatic heterocycles. The lowest BCUT2D eigenvalue weighted by Gasteiger charge is -2.23. The molecule has 1 aromatic heterocycles. The van der Waals surface area contributed by atoms with E-state index in [2.05, 4.69) is 27.6 Å². The Morgan fingerprint density at radius 3 is 2.56 bits per heavy atom. The first-order valence-corrected chi connectivity index (χ1v) is 13.1. The Morgan fingerprint density at radius 2 is 1.78 bits per heavy atom. The van der Waals surface area contributed by atoms with E-state index in [-0.39, 0.29) is 11.3 Å². The molecule has 2 aliphatic rings. The van der Waals surface area contributed by atoms with E-state index in [0.29, 0.717) is 41.0 Å². The number of carbonyl (C=O) groups is 2. The number of aromatic nitrogens is 1. The van der Waals surface area contributed by atoms with E-state index in [0.717, 1.165) is 19.4 Å². The number of aliphatic hydroxyl groups is 1. The molecule has 180 valence electrons. The second-order valence-corrected chi connectivity index (χ2v) is 10.8. The minimum atomic E-state index is -0.836. The number of thiazole rings is 1. The lowest BCUT2D eigenvalue weighted by Crippen LogP contribution is -2.29. The highest BCUT2D eigenvalue weighted by atomic mass is 127. The van der Waals surface area contributed by atoms with Crippen LogP contribution in [0, 0.1) is 10.5 Å². The molecule has 1 atom stereocenters. The predicted octanol–water partition coefficient (Wildman–Crippen LogP) is 5.61. The van der Waals surface area contributed by atoms with Crippen molar-refractivity contribution in [3.05, 3.63) is 86.5 Å². The molecule has 1 N–H and O–H groups in total. The van der Waals surface area contributed by atoms with Gasteiger partial charge in [0.2, 0.25) is 0 Å². The lowest BCUT2D eigenvalue weighted by molar-refractivity contribution is -0.132. The first-order valence-electron chi connectivity index (χ1n) is 11.2. The maximum absolute atomic E-state index is 13.4. The number of fused-ring (bicyclic) bond motifs is 2. The summed E-state index contributed by atoms with van der Waals surface area (Å²) in [6.45, 7) is 2.82. The van der Waals surface area contributed by atoms with Gasteiger partial charge in [0, 0.05) is 9.13 Å². The van der Waals surface area contributed by atoms with Crippen molar-refractivity contribution < 1.29 is 24.2 Å². The Labute approximate surface area is 224 Å². The summed E-state index contributed by atoms with van der Waals surface area (Å²) in [6.07, 6.45) is 0. The molecule has 1 saturated heterocycles. The summed E-state index contributed by atoms with van der Waals surface area (Å²) in [5, 5.41) is 11.8. The highest BCUT2D eigenvalue weighted by Crippen LogP contribution is 2.45. The van der Waals surface area contributed by atoms with Crippen LogP contribution >= 0.6 is 33.9 Å². The van der Waals surface area contributed by atoms with Crippen molar-refractivity contribution in [2.75, 3.05) is 18.1 Å². The van der Waals surface area contributed by atoms with E-state index in [1.807, 2.05) is 49.4 Å². The van der Waals surface area contributed by atoms with Gasteiger partial charge in [0.15, 0.2) is 16.6 Å². The van der Waals surface area contributed by atoms with Crippen LogP contribution in [0.3, 0.4) is 0 Å². The molecular weight excluding hydrogens is 591 g/mol. The largest absolute Gasteiger partial charge is 0.507 e. The predicted molar refractivity (Wildman–Crippen MR) is 146 cm³/mol. The SMILES string of the molecule is Cc1ccc2nc(N3C(=O)C(=O)C(=C(O)c4ccc5c(c4)OCCO5)C3c3ccc(I)cc3)sc2c1. The lowest BCUT2D eigenvalue weighted by atomic mass is 9.95. The zero-order valence-electron chi connectivity index (χ0n) is 19.0. The second kappa shape index (κ2) is 8.90. The van der Waals surface area contributed by atoms with Crippen LogP contribution < -0.4 is 14.4 Å². The number of ketones is 1. The number of anilines is 1. The molecule has 36 heavy (non-hydrogen) atoms. The van der Waals surface area contributed by atoms with Crippen LogP contribution in [0.5, 0.6) is 11.5 Å². The molecule has 6 rings (SSSR count). The van der Waals surface area contributed by atoms with Crippen LogP contribution in [-0.2, 0) is 9.59 Å². The standard InChI is InChI=1S/C27H19IN2O5S/c1-14-2-8-18-21(12-14)36-27(29-18)30-23(15-3-6-17(28)7-4-15)22(25(32)26(30)33)24(31)16-5-9-19-20(13-16)35-11-10-34-19/h2-9,12-13,23,31H,10-11H2,1H3. The zero-order chi connectivity index (χ0) is 25.0. The highest BCUT2D eigenvalue weighted by molar-refractivity contribution is 14.1. The Bertz CT molecular complexity index is 1580. The molecule has 0 radical (unpaired) electrons. The number of hydrogen-bond donors (Lipinski definition) is 1. The first-order chi connectivity index (χ1) is 17.4. The molecule has 0 aliphatic carbocycles.